The maximum atomic E-state index is 11.8. The van der Waals surface area contributed by atoms with Crippen molar-refractivity contribution in [2.24, 2.45) is 0 Å². The third-order valence-corrected chi connectivity index (χ3v) is 6.55. The molecule has 1 amide bonds. The Morgan fingerprint density at radius 1 is 1.26 bits per heavy atom. The van der Waals surface area contributed by atoms with E-state index in [0.29, 0.717) is 55.1 Å². The molecule has 4 rings (SSSR count). The highest BCUT2D eigenvalue weighted by molar-refractivity contribution is 7.17. The number of aryl methyl sites for hydroxylation is 1. The van der Waals surface area contributed by atoms with Crippen molar-refractivity contribution < 1.29 is 19.4 Å². The molecule has 0 radical (unpaired) electrons. The lowest BCUT2D eigenvalue weighted by molar-refractivity contribution is -0.130. The number of methoxy groups -OCH3 is 1. The predicted molar refractivity (Wildman–Crippen MR) is 117 cm³/mol. The van der Waals surface area contributed by atoms with Crippen LogP contribution in [0.5, 0.6) is 17.4 Å². The van der Waals surface area contributed by atoms with Gasteiger partial charge in [-0.1, -0.05) is 17.4 Å². The summed E-state index contributed by atoms with van der Waals surface area (Å²) in [6.07, 6.45) is 0. The van der Waals surface area contributed by atoms with Crippen molar-refractivity contribution in [3.63, 3.8) is 0 Å². The van der Waals surface area contributed by atoms with Crippen molar-refractivity contribution in [2.45, 2.75) is 26.8 Å². The van der Waals surface area contributed by atoms with E-state index in [1.54, 1.807) is 21.0 Å². The van der Waals surface area contributed by atoms with Gasteiger partial charge in [0.2, 0.25) is 16.7 Å². The molecular formula is C21H27N5O4S. The fraction of sp³-hybridized carbons (Fsp3) is 0.476. The molecule has 1 saturated heterocycles. The molecule has 10 heteroatoms. The summed E-state index contributed by atoms with van der Waals surface area (Å²) in [6.45, 7) is 8.52. The van der Waals surface area contributed by atoms with Gasteiger partial charge in [-0.15, -0.1) is 5.10 Å². The Morgan fingerprint density at radius 3 is 2.61 bits per heavy atom. The van der Waals surface area contributed by atoms with E-state index in [1.165, 1.54) is 15.9 Å². The molecule has 0 bridgehead atoms. The average Bonchev–Trinajstić information content (AvgIpc) is 3.27. The smallest absolute Gasteiger partial charge is 0.230 e. The first-order chi connectivity index (χ1) is 14.9. The number of ether oxygens (including phenoxy) is 2. The number of carbonyl (C=O) groups excluding carboxylic acids is 1. The van der Waals surface area contributed by atoms with Crippen LogP contribution in [0.4, 0.5) is 0 Å². The Labute approximate surface area is 184 Å². The zero-order valence-electron chi connectivity index (χ0n) is 18.2. The van der Waals surface area contributed by atoms with E-state index in [0.717, 1.165) is 10.4 Å². The molecule has 2 aromatic heterocycles. The minimum atomic E-state index is -0.229. The van der Waals surface area contributed by atoms with Crippen molar-refractivity contribution in [3.8, 4) is 17.4 Å². The van der Waals surface area contributed by atoms with Crippen LogP contribution in [0.25, 0.3) is 4.96 Å². The van der Waals surface area contributed by atoms with Crippen molar-refractivity contribution in [2.75, 3.05) is 39.9 Å². The van der Waals surface area contributed by atoms with Gasteiger partial charge in [-0.25, -0.2) is 4.98 Å². The van der Waals surface area contributed by atoms with Crippen LogP contribution in [-0.4, -0.2) is 75.3 Å². The van der Waals surface area contributed by atoms with Crippen molar-refractivity contribution in [1.82, 2.24) is 24.4 Å². The van der Waals surface area contributed by atoms with E-state index in [4.69, 9.17) is 9.47 Å². The largest absolute Gasteiger partial charge is 0.493 e. The minimum Gasteiger partial charge on any atom is -0.493 e. The lowest BCUT2D eigenvalue weighted by Gasteiger charge is -2.38. The number of amides is 1. The summed E-state index contributed by atoms with van der Waals surface area (Å²) < 4.78 is 12.7. The van der Waals surface area contributed by atoms with Gasteiger partial charge in [0.1, 0.15) is 5.82 Å². The molecule has 1 aliphatic heterocycles. The van der Waals surface area contributed by atoms with Crippen LogP contribution in [0.15, 0.2) is 18.2 Å². The number of aromatic nitrogens is 3. The number of rotatable bonds is 6. The van der Waals surface area contributed by atoms with E-state index >= 15 is 0 Å². The van der Waals surface area contributed by atoms with Gasteiger partial charge in [0.15, 0.2) is 11.5 Å². The third-order valence-electron chi connectivity index (χ3n) is 5.48. The summed E-state index contributed by atoms with van der Waals surface area (Å²) in [7, 11) is 1.62. The van der Waals surface area contributed by atoms with E-state index in [9.17, 15) is 9.90 Å². The first kappa shape index (κ1) is 21.4. The number of carbonyl (C=O) groups is 1. The Bertz CT molecular complexity index is 1090. The van der Waals surface area contributed by atoms with Gasteiger partial charge < -0.3 is 19.5 Å². The molecular weight excluding hydrogens is 418 g/mol. The third kappa shape index (κ3) is 4.05. The normalized spacial score (nSPS) is 15.9. The van der Waals surface area contributed by atoms with Gasteiger partial charge in [0.05, 0.1) is 24.6 Å². The fourth-order valence-electron chi connectivity index (χ4n) is 3.98. The maximum absolute atomic E-state index is 11.8. The molecule has 1 fully saturated rings. The monoisotopic (exact) mass is 445 g/mol. The van der Waals surface area contributed by atoms with Crippen LogP contribution >= 0.6 is 11.3 Å². The minimum absolute atomic E-state index is 0.0797. The quantitative estimate of drug-likeness (QED) is 0.623. The number of piperazine rings is 1. The second-order valence-electron chi connectivity index (χ2n) is 7.43. The first-order valence-electron chi connectivity index (χ1n) is 10.3. The molecule has 1 N–H and O–H groups in total. The Morgan fingerprint density at radius 2 is 2.00 bits per heavy atom. The number of thiazole rings is 1. The molecule has 3 aromatic rings. The number of aromatic hydroxyl groups is 1. The summed E-state index contributed by atoms with van der Waals surface area (Å²) in [4.78, 5) is 21.7. The summed E-state index contributed by atoms with van der Waals surface area (Å²) in [5.41, 5.74) is 0.966. The zero-order chi connectivity index (χ0) is 22.1. The molecule has 166 valence electrons. The van der Waals surface area contributed by atoms with Gasteiger partial charge in [0.25, 0.3) is 0 Å². The lowest BCUT2D eigenvalue weighted by atomic mass is 10.0. The van der Waals surface area contributed by atoms with Crippen LogP contribution < -0.4 is 9.47 Å². The molecule has 1 aromatic carbocycles. The highest BCUT2D eigenvalue weighted by Gasteiger charge is 2.32. The fourth-order valence-corrected chi connectivity index (χ4v) is 5.14. The van der Waals surface area contributed by atoms with Gasteiger partial charge in [0, 0.05) is 33.1 Å². The van der Waals surface area contributed by atoms with Crippen LogP contribution in [0.2, 0.25) is 0 Å². The second kappa shape index (κ2) is 8.72. The number of hydrogen-bond donors (Lipinski definition) is 1. The zero-order valence-corrected chi connectivity index (χ0v) is 19.0. The lowest BCUT2D eigenvalue weighted by Crippen LogP contribution is -2.49. The van der Waals surface area contributed by atoms with Gasteiger partial charge in [-0.05, 0) is 31.5 Å². The SMILES string of the molecule is CCOc1ccc(C(c2sc3nc(C)nn3c2O)N2CCN(C(C)=O)CC2)cc1OC. The molecule has 0 saturated carbocycles. The van der Waals surface area contributed by atoms with E-state index in [2.05, 4.69) is 15.0 Å². The summed E-state index contributed by atoms with van der Waals surface area (Å²) in [6, 6.07) is 5.62. The Hall–Kier alpha value is -2.85. The van der Waals surface area contributed by atoms with Crippen LogP contribution in [-0.2, 0) is 4.79 Å². The molecule has 1 aliphatic rings. The number of hydrogen-bond acceptors (Lipinski definition) is 8. The molecule has 0 spiro atoms. The molecule has 0 aliphatic carbocycles. The van der Waals surface area contributed by atoms with E-state index in [1.807, 2.05) is 30.0 Å². The van der Waals surface area contributed by atoms with Crippen LogP contribution in [0.1, 0.15) is 36.2 Å². The van der Waals surface area contributed by atoms with Gasteiger partial charge in [-0.2, -0.15) is 4.52 Å². The van der Waals surface area contributed by atoms with E-state index in [-0.39, 0.29) is 17.8 Å². The summed E-state index contributed by atoms with van der Waals surface area (Å²) >= 11 is 1.42. The molecule has 3 heterocycles. The summed E-state index contributed by atoms with van der Waals surface area (Å²) in [5, 5.41) is 15.3. The molecule has 1 atom stereocenters. The van der Waals surface area contributed by atoms with Gasteiger partial charge in [-0.3, -0.25) is 9.69 Å². The predicted octanol–water partition coefficient (Wildman–Crippen LogP) is 2.47. The highest BCUT2D eigenvalue weighted by atomic mass is 32.1. The topological polar surface area (TPSA) is 92.4 Å². The van der Waals surface area contributed by atoms with Crippen LogP contribution in [0.3, 0.4) is 0 Å². The molecule has 31 heavy (non-hydrogen) atoms. The van der Waals surface area contributed by atoms with E-state index < -0.39 is 0 Å². The standard InChI is InChI=1S/C21H27N5O4S/c1-5-30-16-7-6-15(12-17(16)29-4)18(25-10-8-24(9-11-25)14(3)27)19-20(28)26-21(31-19)22-13(2)23-26/h6-7,12,18,28H,5,8-11H2,1-4H3. The second-order valence-corrected chi connectivity index (χ2v) is 8.44. The maximum Gasteiger partial charge on any atom is 0.230 e. The average molecular weight is 446 g/mol. The Kier molecular flexibility index (Phi) is 6.01. The Balaban J connectivity index is 1.77. The first-order valence-corrected chi connectivity index (χ1v) is 11.1. The van der Waals surface area contributed by atoms with Crippen molar-refractivity contribution in [1.29, 1.82) is 0 Å². The molecule has 9 nitrogen and oxygen atoms in total. The van der Waals surface area contributed by atoms with Gasteiger partial charge >= 0.3 is 0 Å². The highest BCUT2D eigenvalue weighted by Crippen LogP contribution is 2.42. The van der Waals surface area contributed by atoms with Crippen LogP contribution in [0, 0.1) is 6.92 Å². The number of benzene rings is 1. The summed E-state index contributed by atoms with van der Waals surface area (Å²) in [5.74, 6) is 2.10. The number of fused-ring (bicyclic) bond motifs is 1. The van der Waals surface area contributed by atoms with Crippen molar-refractivity contribution in [3.05, 3.63) is 34.5 Å². The van der Waals surface area contributed by atoms with Crippen molar-refractivity contribution >= 4 is 22.2 Å². The number of nitrogens with zero attached hydrogens (tertiary/aromatic N) is 5. The molecule has 1 unspecified atom stereocenters.